The van der Waals surface area contributed by atoms with Crippen LogP contribution in [0.1, 0.15) is 11.3 Å². The first-order valence-electron chi connectivity index (χ1n) is 5.60. The molecule has 0 saturated carbocycles. The first-order valence-corrected chi connectivity index (χ1v) is 5.60. The van der Waals surface area contributed by atoms with Crippen molar-refractivity contribution in [2.45, 2.75) is 0 Å². The van der Waals surface area contributed by atoms with Gasteiger partial charge in [-0.15, -0.1) is 0 Å². The standard InChI is InChI=1S/C15H11NO3/c1-18-15(17)12(10-16)14(13-8-5-9-19-13)11-6-3-2-4-7-11/h2-9H,1H3/b14-12-. The Bertz CT molecular complexity index is 634. The summed E-state index contributed by atoms with van der Waals surface area (Å²) in [5.41, 5.74) is 1.07. The quantitative estimate of drug-likeness (QED) is 0.479. The molecule has 4 heteroatoms. The molecule has 0 saturated heterocycles. The smallest absolute Gasteiger partial charge is 0.349 e. The van der Waals surface area contributed by atoms with Gasteiger partial charge in [0.05, 0.1) is 13.4 Å². The van der Waals surface area contributed by atoms with E-state index in [0.717, 1.165) is 5.56 Å². The maximum absolute atomic E-state index is 11.7. The number of methoxy groups -OCH3 is 1. The second kappa shape index (κ2) is 5.69. The van der Waals surface area contributed by atoms with Gasteiger partial charge >= 0.3 is 5.97 Å². The van der Waals surface area contributed by atoms with Crippen molar-refractivity contribution < 1.29 is 13.9 Å². The molecule has 4 nitrogen and oxygen atoms in total. The van der Waals surface area contributed by atoms with Gasteiger partial charge in [0.1, 0.15) is 17.4 Å². The molecule has 19 heavy (non-hydrogen) atoms. The monoisotopic (exact) mass is 253 g/mol. The van der Waals surface area contributed by atoms with E-state index in [1.54, 1.807) is 24.3 Å². The SMILES string of the molecule is COC(=O)/C(C#N)=C(/c1ccccc1)c1ccco1. The van der Waals surface area contributed by atoms with E-state index in [-0.39, 0.29) is 5.57 Å². The molecule has 0 aliphatic carbocycles. The van der Waals surface area contributed by atoms with Gasteiger partial charge in [-0.2, -0.15) is 5.26 Å². The van der Waals surface area contributed by atoms with Crippen molar-refractivity contribution in [1.29, 1.82) is 5.26 Å². The van der Waals surface area contributed by atoms with Crippen LogP contribution in [0.3, 0.4) is 0 Å². The van der Waals surface area contributed by atoms with Gasteiger partial charge in [-0.05, 0) is 17.7 Å². The molecule has 1 aromatic heterocycles. The number of carbonyl (C=O) groups excluding carboxylic acids is 1. The fourth-order valence-electron chi connectivity index (χ4n) is 1.74. The van der Waals surface area contributed by atoms with E-state index in [9.17, 15) is 10.1 Å². The number of ether oxygens (including phenoxy) is 1. The van der Waals surface area contributed by atoms with Gasteiger partial charge < -0.3 is 9.15 Å². The van der Waals surface area contributed by atoms with E-state index in [1.807, 2.05) is 24.3 Å². The lowest BCUT2D eigenvalue weighted by atomic mass is 9.98. The van der Waals surface area contributed by atoms with Crippen LogP contribution in [0.5, 0.6) is 0 Å². The second-order valence-electron chi connectivity index (χ2n) is 3.70. The van der Waals surface area contributed by atoms with Crippen LogP contribution in [-0.4, -0.2) is 13.1 Å². The minimum atomic E-state index is -0.683. The molecule has 2 aromatic rings. The third kappa shape index (κ3) is 2.55. The van der Waals surface area contributed by atoms with Crippen LogP contribution < -0.4 is 0 Å². The summed E-state index contributed by atoms with van der Waals surface area (Å²) in [6.45, 7) is 0. The van der Waals surface area contributed by atoms with Crippen LogP contribution in [0.15, 0.2) is 58.7 Å². The summed E-state index contributed by atoms with van der Waals surface area (Å²) in [4.78, 5) is 11.7. The molecule has 0 atom stereocenters. The number of rotatable bonds is 3. The van der Waals surface area contributed by atoms with Crippen LogP contribution in [0.25, 0.3) is 5.57 Å². The number of hydrogen-bond acceptors (Lipinski definition) is 4. The van der Waals surface area contributed by atoms with Gasteiger partial charge in [0.15, 0.2) is 0 Å². The van der Waals surface area contributed by atoms with Crippen LogP contribution >= 0.6 is 0 Å². The summed E-state index contributed by atoms with van der Waals surface area (Å²) < 4.78 is 9.95. The highest BCUT2D eigenvalue weighted by atomic mass is 16.5. The Morgan fingerprint density at radius 2 is 1.95 bits per heavy atom. The lowest BCUT2D eigenvalue weighted by molar-refractivity contribution is -0.135. The highest BCUT2D eigenvalue weighted by molar-refractivity contribution is 6.04. The van der Waals surface area contributed by atoms with Crippen molar-refractivity contribution in [1.82, 2.24) is 0 Å². The molecule has 1 aromatic carbocycles. The minimum Gasteiger partial charge on any atom is -0.465 e. The molecular formula is C15H11NO3. The highest BCUT2D eigenvalue weighted by Crippen LogP contribution is 2.27. The summed E-state index contributed by atoms with van der Waals surface area (Å²) in [6, 6.07) is 14.4. The third-order valence-electron chi connectivity index (χ3n) is 2.58. The summed E-state index contributed by atoms with van der Waals surface area (Å²) in [5, 5.41) is 9.21. The predicted octanol–water partition coefficient (Wildman–Crippen LogP) is 2.78. The second-order valence-corrected chi connectivity index (χ2v) is 3.70. The number of nitrogens with zero attached hydrogens (tertiary/aromatic N) is 1. The molecule has 0 N–H and O–H groups in total. The summed E-state index contributed by atoms with van der Waals surface area (Å²) >= 11 is 0. The Balaban J connectivity index is 2.69. The molecule has 0 aliphatic heterocycles. The average molecular weight is 253 g/mol. The normalized spacial score (nSPS) is 11.4. The number of furan rings is 1. The lowest BCUT2D eigenvalue weighted by Gasteiger charge is -2.07. The van der Waals surface area contributed by atoms with Gasteiger partial charge in [0.2, 0.25) is 0 Å². The first-order chi connectivity index (χ1) is 9.27. The van der Waals surface area contributed by atoms with Crippen molar-refractivity contribution in [2.24, 2.45) is 0 Å². The average Bonchev–Trinajstić information content (AvgIpc) is 2.98. The molecule has 0 fully saturated rings. The lowest BCUT2D eigenvalue weighted by Crippen LogP contribution is -2.06. The number of esters is 1. The summed E-state index contributed by atoms with van der Waals surface area (Å²) in [7, 11) is 1.24. The van der Waals surface area contributed by atoms with E-state index in [2.05, 4.69) is 4.74 Å². The molecule has 0 aliphatic rings. The Morgan fingerprint density at radius 1 is 1.21 bits per heavy atom. The van der Waals surface area contributed by atoms with Gasteiger partial charge in [-0.25, -0.2) is 4.79 Å². The van der Waals surface area contributed by atoms with E-state index >= 15 is 0 Å². The van der Waals surface area contributed by atoms with E-state index in [4.69, 9.17) is 4.42 Å². The third-order valence-corrected chi connectivity index (χ3v) is 2.58. The van der Waals surface area contributed by atoms with Crippen molar-refractivity contribution in [3.8, 4) is 6.07 Å². The zero-order chi connectivity index (χ0) is 13.7. The molecular weight excluding hydrogens is 242 g/mol. The predicted molar refractivity (Wildman–Crippen MR) is 68.8 cm³/mol. The van der Waals surface area contributed by atoms with E-state index in [0.29, 0.717) is 11.3 Å². The van der Waals surface area contributed by atoms with Crippen LogP contribution in [0.4, 0.5) is 0 Å². The first kappa shape index (κ1) is 12.7. The molecule has 0 bridgehead atoms. The fourth-order valence-corrected chi connectivity index (χ4v) is 1.74. The van der Waals surface area contributed by atoms with Crippen molar-refractivity contribution >= 4 is 11.5 Å². The largest absolute Gasteiger partial charge is 0.465 e. The Kier molecular flexibility index (Phi) is 3.79. The fraction of sp³-hybridized carbons (Fsp3) is 0.0667. The Labute approximate surface area is 110 Å². The van der Waals surface area contributed by atoms with Gasteiger partial charge in [0.25, 0.3) is 0 Å². The molecule has 0 amide bonds. The van der Waals surface area contributed by atoms with Crippen LogP contribution in [0.2, 0.25) is 0 Å². The van der Waals surface area contributed by atoms with Gasteiger partial charge in [-0.1, -0.05) is 30.3 Å². The summed E-state index contributed by atoms with van der Waals surface area (Å²) in [5.74, 6) is -0.231. The molecule has 94 valence electrons. The molecule has 0 unspecified atom stereocenters. The number of hydrogen-bond donors (Lipinski definition) is 0. The van der Waals surface area contributed by atoms with Gasteiger partial charge in [0, 0.05) is 5.57 Å². The minimum absolute atomic E-state index is 0.0800. The molecule has 2 rings (SSSR count). The van der Waals surface area contributed by atoms with Crippen molar-refractivity contribution in [3.63, 3.8) is 0 Å². The number of nitriles is 1. The van der Waals surface area contributed by atoms with E-state index in [1.165, 1.54) is 13.4 Å². The molecule has 1 heterocycles. The Morgan fingerprint density at radius 3 is 2.47 bits per heavy atom. The maximum atomic E-state index is 11.7. The Hall–Kier alpha value is -2.80. The van der Waals surface area contributed by atoms with Crippen molar-refractivity contribution in [3.05, 3.63) is 65.6 Å². The maximum Gasteiger partial charge on any atom is 0.349 e. The molecule has 0 spiro atoms. The van der Waals surface area contributed by atoms with Crippen molar-refractivity contribution in [2.75, 3.05) is 7.11 Å². The van der Waals surface area contributed by atoms with Gasteiger partial charge in [-0.3, -0.25) is 0 Å². The number of benzene rings is 1. The zero-order valence-electron chi connectivity index (χ0n) is 10.3. The zero-order valence-corrected chi connectivity index (χ0v) is 10.3. The van der Waals surface area contributed by atoms with Crippen LogP contribution in [0, 0.1) is 11.3 Å². The topological polar surface area (TPSA) is 63.2 Å². The highest BCUT2D eigenvalue weighted by Gasteiger charge is 2.20. The molecule has 0 radical (unpaired) electrons. The van der Waals surface area contributed by atoms with E-state index < -0.39 is 5.97 Å². The summed E-state index contributed by atoms with van der Waals surface area (Å²) in [6.07, 6.45) is 1.49. The van der Waals surface area contributed by atoms with Crippen LogP contribution in [-0.2, 0) is 9.53 Å². The number of carbonyl (C=O) groups is 1.